The predicted molar refractivity (Wildman–Crippen MR) is 61.0 cm³/mol. The third-order valence-electron chi connectivity index (χ3n) is 2.35. The van der Waals surface area contributed by atoms with Crippen LogP contribution in [0.25, 0.3) is 11.1 Å². The van der Waals surface area contributed by atoms with Gasteiger partial charge in [-0.2, -0.15) is 10.2 Å². The number of aromatic carboxylic acids is 1. The highest BCUT2D eigenvalue weighted by molar-refractivity contribution is 5.91. The first-order valence-corrected chi connectivity index (χ1v) is 4.91. The first-order valence-electron chi connectivity index (χ1n) is 4.91. The Bertz CT molecular complexity index is 541. The molecule has 0 fully saturated rings. The summed E-state index contributed by atoms with van der Waals surface area (Å²) in [5.74, 6) is -0.687. The van der Waals surface area contributed by atoms with Gasteiger partial charge in [-0.05, 0) is 23.8 Å². The molecule has 1 heterocycles. The van der Waals surface area contributed by atoms with Crippen LogP contribution in [0, 0.1) is 0 Å². The van der Waals surface area contributed by atoms with E-state index < -0.39 is 5.97 Å². The van der Waals surface area contributed by atoms with E-state index >= 15 is 0 Å². The number of benzene rings is 1. The summed E-state index contributed by atoms with van der Waals surface area (Å²) < 4.78 is 5.05. The molecule has 0 aliphatic heterocycles. The molecule has 0 amide bonds. The van der Waals surface area contributed by atoms with Crippen LogP contribution < -0.4 is 4.74 Å². The van der Waals surface area contributed by atoms with Gasteiger partial charge in [-0.15, -0.1) is 0 Å². The molecular weight excluding hydrogens is 220 g/mol. The highest BCUT2D eigenvalue weighted by atomic mass is 16.5. The zero-order valence-corrected chi connectivity index (χ0v) is 9.12. The van der Waals surface area contributed by atoms with Crippen LogP contribution in [0.5, 0.6) is 5.75 Å². The van der Waals surface area contributed by atoms with Gasteiger partial charge in [0.25, 0.3) is 0 Å². The molecule has 86 valence electrons. The summed E-state index contributed by atoms with van der Waals surface area (Å²) in [5, 5.41) is 16.4. The number of carbonyl (C=O) groups is 1. The Morgan fingerprint density at radius 1 is 1.24 bits per heavy atom. The molecule has 0 saturated heterocycles. The topological polar surface area (TPSA) is 72.3 Å². The van der Waals surface area contributed by atoms with Gasteiger partial charge in [0.2, 0.25) is 0 Å². The van der Waals surface area contributed by atoms with E-state index in [1.807, 2.05) is 0 Å². The van der Waals surface area contributed by atoms with E-state index in [-0.39, 0.29) is 5.56 Å². The molecular formula is C12H10N2O3. The van der Waals surface area contributed by atoms with Crippen molar-refractivity contribution in [3.05, 3.63) is 42.2 Å². The largest absolute Gasteiger partial charge is 0.496 e. The van der Waals surface area contributed by atoms with Crippen LogP contribution in [0.2, 0.25) is 0 Å². The minimum atomic E-state index is -1.01. The number of carboxylic acid groups (broad SMARTS) is 1. The lowest BCUT2D eigenvalue weighted by Crippen LogP contribution is -2.00. The molecule has 5 heteroatoms. The second-order valence-electron chi connectivity index (χ2n) is 3.35. The first kappa shape index (κ1) is 11.1. The molecule has 1 aromatic carbocycles. The van der Waals surface area contributed by atoms with Crippen LogP contribution in [-0.2, 0) is 0 Å². The normalized spacial score (nSPS) is 9.94. The predicted octanol–water partition coefficient (Wildman–Crippen LogP) is 1.85. The third kappa shape index (κ3) is 2.23. The van der Waals surface area contributed by atoms with Crippen LogP contribution in [0.1, 0.15) is 10.4 Å². The van der Waals surface area contributed by atoms with Crippen molar-refractivity contribution in [3.8, 4) is 16.9 Å². The quantitative estimate of drug-likeness (QED) is 0.871. The summed E-state index contributed by atoms with van der Waals surface area (Å²) in [6.07, 6.45) is 3.18. The van der Waals surface area contributed by atoms with E-state index in [0.717, 1.165) is 11.1 Å². The number of rotatable bonds is 3. The monoisotopic (exact) mass is 230 g/mol. The number of hydrogen-bond donors (Lipinski definition) is 1. The Kier molecular flexibility index (Phi) is 3.00. The lowest BCUT2D eigenvalue weighted by Gasteiger charge is -2.07. The molecule has 1 aromatic heterocycles. The van der Waals surface area contributed by atoms with E-state index in [9.17, 15) is 4.79 Å². The van der Waals surface area contributed by atoms with Crippen molar-refractivity contribution >= 4 is 5.97 Å². The second-order valence-corrected chi connectivity index (χ2v) is 3.35. The smallest absolute Gasteiger partial charge is 0.339 e. The Labute approximate surface area is 97.7 Å². The zero-order chi connectivity index (χ0) is 12.3. The third-order valence-corrected chi connectivity index (χ3v) is 2.35. The van der Waals surface area contributed by atoms with Gasteiger partial charge in [-0.25, -0.2) is 4.79 Å². The van der Waals surface area contributed by atoms with E-state index in [1.165, 1.54) is 13.2 Å². The highest BCUT2D eigenvalue weighted by Crippen LogP contribution is 2.26. The Morgan fingerprint density at radius 2 is 2.06 bits per heavy atom. The number of methoxy groups -OCH3 is 1. The molecule has 0 saturated carbocycles. The SMILES string of the molecule is COc1cc(-c2ccnnc2)ccc1C(=O)O. The van der Waals surface area contributed by atoms with E-state index in [2.05, 4.69) is 10.2 Å². The maximum absolute atomic E-state index is 10.9. The maximum atomic E-state index is 10.9. The fourth-order valence-electron chi connectivity index (χ4n) is 1.51. The van der Waals surface area contributed by atoms with Crippen LogP contribution in [0.15, 0.2) is 36.7 Å². The van der Waals surface area contributed by atoms with Crippen molar-refractivity contribution < 1.29 is 14.6 Å². The first-order chi connectivity index (χ1) is 8.22. The average Bonchev–Trinajstić information content (AvgIpc) is 2.39. The summed E-state index contributed by atoms with van der Waals surface area (Å²) >= 11 is 0. The minimum absolute atomic E-state index is 0.137. The van der Waals surface area contributed by atoms with Gasteiger partial charge in [0.05, 0.1) is 19.5 Å². The van der Waals surface area contributed by atoms with Crippen LogP contribution in [0.3, 0.4) is 0 Å². The summed E-state index contributed by atoms with van der Waals surface area (Å²) in [7, 11) is 1.44. The minimum Gasteiger partial charge on any atom is -0.496 e. The molecule has 0 unspecified atom stereocenters. The number of ether oxygens (including phenoxy) is 1. The standard InChI is InChI=1S/C12H10N2O3/c1-17-11-6-8(2-3-10(11)12(15)16)9-4-5-13-14-7-9/h2-7H,1H3,(H,15,16). The van der Waals surface area contributed by atoms with Gasteiger partial charge in [0.1, 0.15) is 11.3 Å². The number of carboxylic acids is 1. The van der Waals surface area contributed by atoms with Gasteiger partial charge in [0, 0.05) is 5.56 Å². The lowest BCUT2D eigenvalue weighted by atomic mass is 10.1. The van der Waals surface area contributed by atoms with Gasteiger partial charge in [-0.1, -0.05) is 6.07 Å². The van der Waals surface area contributed by atoms with Crippen molar-refractivity contribution in [1.29, 1.82) is 0 Å². The second kappa shape index (κ2) is 4.61. The van der Waals surface area contributed by atoms with E-state index in [1.54, 1.807) is 30.6 Å². The molecule has 0 atom stereocenters. The van der Waals surface area contributed by atoms with Gasteiger partial charge in [-0.3, -0.25) is 0 Å². The molecule has 0 aliphatic carbocycles. The summed E-state index contributed by atoms with van der Waals surface area (Å²) in [4.78, 5) is 10.9. The van der Waals surface area contributed by atoms with E-state index in [4.69, 9.17) is 9.84 Å². The van der Waals surface area contributed by atoms with Gasteiger partial charge < -0.3 is 9.84 Å². The molecule has 0 radical (unpaired) electrons. The maximum Gasteiger partial charge on any atom is 0.339 e. The number of hydrogen-bond acceptors (Lipinski definition) is 4. The number of nitrogens with zero attached hydrogens (tertiary/aromatic N) is 2. The Hall–Kier alpha value is -2.43. The summed E-state index contributed by atoms with van der Waals surface area (Å²) in [5.41, 5.74) is 1.83. The molecule has 0 bridgehead atoms. The molecule has 5 nitrogen and oxygen atoms in total. The van der Waals surface area contributed by atoms with Crippen LogP contribution in [-0.4, -0.2) is 28.4 Å². The average molecular weight is 230 g/mol. The van der Waals surface area contributed by atoms with Crippen molar-refractivity contribution in [2.75, 3.05) is 7.11 Å². The van der Waals surface area contributed by atoms with Gasteiger partial charge >= 0.3 is 5.97 Å². The summed E-state index contributed by atoms with van der Waals surface area (Å²) in [6, 6.07) is 6.68. The fraction of sp³-hybridized carbons (Fsp3) is 0.0833. The lowest BCUT2D eigenvalue weighted by molar-refractivity contribution is 0.0693. The molecule has 2 aromatic rings. The zero-order valence-electron chi connectivity index (χ0n) is 9.12. The highest BCUT2D eigenvalue weighted by Gasteiger charge is 2.11. The van der Waals surface area contributed by atoms with Gasteiger partial charge in [0.15, 0.2) is 0 Å². The molecule has 17 heavy (non-hydrogen) atoms. The Morgan fingerprint density at radius 3 is 2.65 bits per heavy atom. The van der Waals surface area contributed by atoms with Crippen molar-refractivity contribution in [2.45, 2.75) is 0 Å². The van der Waals surface area contributed by atoms with Crippen molar-refractivity contribution in [1.82, 2.24) is 10.2 Å². The molecule has 0 aliphatic rings. The molecule has 1 N–H and O–H groups in total. The van der Waals surface area contributed by atoms with Crippen LogP contribution in [0.4, 0.5) is 0 Å². The molecule has 2 rings (SSSR count). The van der Waals surface area contributed by atoms with Crippen molar-refractivity contribution in [3.63, 3.8) is 0 Å². The van der Waals surface area contributed by atoms with Crippen molar-refractivity contribution in [2.24, 2.45) is 0 Å². The fourth-order valence-corrected chi connectivity index (χ4v) is 1.51. The molecule has 0 spiro atoms. The van der Waals surface area contributed by atoms with Crippen LogP contribution >= 0.6 is 0 Å². The number of aromatic nitrogens is 2. The van der Waals surface area contributed by atoms with E-state index in [0.29, 0.717) is 5.75 Å². The summed E-state index contributed by atoms with van der Waals surface area (Å²) in [6.45, 7) is 0. The Balaban J connectivity index is 2.49.